The van der Waals surface area contributed by atoms with Crippen LogP contribution in [0.2, 0.25) is 0 Å². The lowest BCUT2D eigenvalue weighted by atomic mass is 10.0. The summed E-state index contributed by atoms with van der Waals surface area (Å²) in [4.78, 5) is 26.8. The highest BCUT2D eigenvalue weighted by Crippen LogP contribution is 2.34. The van der Waals surface area contributed by atoms with Gasteiger partial charge in [0.15, 0.2) is 11.0 Å². The fourth-order valence-corrected chi connectivity index (χ4v) is 5.60. The van der Waals surface area contributed by atoms with Crippen molar-refractivity contribution in [3.63, 3.8) is 0 Å². The van der Waals surface area contributed by atoms with Crippen molar-refractivity contribution in [1.82, 2.24) is 25.1 Å². The number of benzene rings is 2. The molecule has 39 heavy (non-hydrogen) atoms. The van der Waals surface area contributed by atoms with Gasteiger partial charge in [-0.25, -0.2) is 9.40 Å². The Morgan fingerprint density at radius 2 is 1.90 bits per heavy atom. The molecule has 2 aromatic heterocycles. The number of methoxy groups -OCH3 is 1. The van der Waals surface area contributed by atoms with Crippen molar-refractivity contribution in [3.05, 3.63) is 93.7 Å². The summed E-state index contributed by atoms with van der Waals surface area (Å²) in [5.41, 5.74) is 2.15. The smallest absolute Gasteiger partial charge is 0.253 e. The molecule has 0 saturated carbocycles. The third-order valence-electron chi connectivity index (χ3n) is 6.24. The molecule has 2 aromatic carbocycles. The lowest BCUT2D eigenvalue weighted by molar-refractivity contribution is -0.130. The van der Waals surface area contributed by atoms with Crippen LogP contribution in [0.25, 0.3) is 0 Å². The van der Waals surface area contributed by atoms with Gasteiger partial charge in [0.25, 0.3) is 11.8 Å². The number of thioether (sulfide) groups is 1. The van der Waals surface area contributed by atoms with E-state index in [0.717, 1.165) is 16.2 Å². The Morgan fingerprint density at radius 3 is 2.59 bits per heavy atom. The van der Waals surface area contributed by atoms with Gasteiger partial charge in [-0.2, -0.15) is 5.10 Å². The van der Waals surface area contributed by atoms with Crippen molar-refractivity contribution in [2.45, 2.75) is 24.2 Å². The number of hydrazone groups is 1. The van der Waals surface area contributed by atoms with Crippen LogP contribution < -0.4 is 10.1 Å². The Morgan fingerprint density at radius 1 is 1.13 bits per heavy atom. The first kappa shape index (κ1) is 26.6. The largest absolute Gasteiger partial charge is 0.497 e. The second-order valence-corrected chi connectivity index (χ2v) is 10.6. The van der Waals surface area contributed by atoms with Gasteiger partial charge in [0.2, 0.25) is 0 Å². The lowest BCUT2D eigenvalue weighted by Gasteiger charge is -2.21. The molecule has 0 aliphatic carbocycles. The standard InChI is InChI=1S/C27H25FN6O3S2/c1-33-24(15-29-26(36)18-7-11-20(37-2)12-8-18)30-31-27(33)39-16-25(35)34-22(17-5-9-19(28)10-6-17)14-21(32-34)23-4-3-13-38-23/h3-13,22H,14-16H2,1-2H3,(H,29,36). The zero-order valence-corrected chi connectivity index (χ0v) is 22.8. The number of nitrogens with one attached hydrogen (secondary N) is 1. The normalized spacial score (nSPS) is 14.8. The molecule has 1 aliphatic heterocycles. The first-order valence-electron chi connectivity index (χ1n) is 12.0. The van der Waals surface area contributed by atoms with E-state index in [1.807, 2.05) is 17.5 Å². The first-order valence-corrected chi connectivity index (χ1v) is 13.9. The molecule has 3 heterocycles. The van der Waals surface area contributed by atoms with Gasteiger partial charge in [0.05, 0.1) is 36.0 Å². The molecule has 0 saturated heterocycles. The van der Waals surface area contributed by atoms with Gasteiger partial charge in [0.1, 0.15) is 11.6 Å². The van der Waals surface area contributed by atoms with Crippen molar-refractivity contribution < 1.29 is 18.7 Å². The number of carbonyl (C=O) groups is 2. The van der Waals surface area contributed by atoms with Crippen LogP contribution in [-0.4, -0.2) is 50.2 Å². The van der Waals surface area contributed by atoms with Crippen LogP contribution in [-0.2, 0) is 18.4 Å². The predicted octanol–water partition coefficient (Wildman–Crippen LogP) is 4.42. The Bertz CT molecular complexity index is 1490. The van der Waals surface area contributed by atoms with Gasteiger partial charge in [-0.1, -0.05) is 30.0 Å². The average Bonchev–Trinajstić information content (AvgIpc) is 3.71. The number of aromatic nitrogens is 3. The molecule has 1 aliphatic rings. The second kappa shape index (κ2) is 11.8. The van der Waals surface area contributed by atoms with E-state index in [-0.39, 0.29) is 36.0 Å². The molecule has 12 heteroatoms. The number of halogens is 1. The highest BCUT2D eigenvalue weighted by Gasteiger charge is 2.33. The monoisotopic (exact) mass is 564 g/mol. The maximum Gasteiger partial charge on any atom is 0.253 e. The minimum atomic E-state index is -0.331. The zero-order chi connectivity index (χ0) is 27.4. The summed E-state index contributed by atoms with van der Waals surface area (Å²) in [6, 6.07) is 16.6. The number of rotatable bonds is 9. The molecule has 4 aromatic rings. The van der Waals surface area contributed by atoms with Crippen LogP contribution in [0.3, 0.4) is 0 Å². The van der Waals surface area contributed by atoms with Crippen molar-refractivity contribution in [2.24, 2.45) is 12.1 Å². The molecule has 9 nitrogen and oxygen atoms in total. The summed E-state index contributed by atoms with van der Waals surface area (Å²) in [5, 5.41) is 19.8. The third kappa shape index (κ3) is 6.02. The fraction of sp³-hybridized carbons (Fsp3) is 0.222. The topological polar surface area (TPSA) is 102 Å². The number of amides is 2. The summed E-state index contributed by atoms with van der Waals surface area (Å²) >= 11 is 2.80. The summed E-state index contributed by atoms with van der Waals surface area (Å²) < 4.78 is 20.4. The Kier molecular flexibility index (Phi) is 8.03. The van der Waals surface area contributed by atoms with Crippen LogP contribution in [0.1, 0.15) is 39.1 Å². The number of hydrogen-bond acceptors (Lipinski definition) is 8. The molecule has 0 radical (unpaired) electrons. The fourth-order valence-electron chi connectivity index (χ4n) is 4.10. The molecule has 5 rings (SSSR count). The van der Waals surface area contributed by atoms with Gasteiger partial charge in [-0.3, -0.25) is 9.59 Å². The highest BCUT2D eigenvalue weighted by molar-refractivity contribution is 7.99. The summed E-state index contributed by atoms with van der Waals surface area (Å²) in [5.74, 6) is 0.535. The van der Waals surface area contributed by atoms with Crippen LogP contribution >= 0.6 is 23.1 Å². The van der Waals surface area contributed by atoms with E-state index in [1.165, 1.54) is 28.9 Å². The number of ether oxygens (including phenoxy) is 1. The van der Waals surface area contributed by atoms with Crippen molar-refractivity contribution >= 4 is 40.6 Å². The molecular weight excluding hydrogens is 539 g/mol. The van der Waals surface area contributed by atoms with Gasteiger partial charge in [0, 0.05) is 19.0 Å². The number of carbonyl (C=O) groups excluding carboxylic acids is 2. The van der Waals surface area contributed by atoms with Gasteiger partial charge in [-0.05, 0) is 53.4 Å². The Labute approximate surface area is 232 Å². The Hall–Kier alpha value is -4.03. The highest BCUT2D eigenvalue weighted by atomic mass is 32.2. The number of thiophene rings is 1. The summed E-state index contributed by atoms with van der Waals surface area (Å²) in [6.07, 6.45) is 0.546. The van der Waals surface area contributed by atoms with Crippen molar-refractivity contribution in [2.75, 3.05) is 12.9 Å². The SMILES string of the molecule is COc1ccc(C(=O)NCc2nnc(SCC(=O)N3N=C(c4cccs4)CC3c3ccc(F)cc3)n2C)cc1. The molecule has 1 unspecified atom stereocenters. The van der Waals surface area contributed by atoms with E-state index < -0.39 is 0 Å². The lowest BCUT2D eigenvalue weighted by Crippen LogP contribution is -2.28. The van der Waals surface area contributed by atoms with E-state index in [9.17, 15) is 14.0 Å². The molecule has 0 spiro atoms. The summed E-state index contributed by atoms with van der Waals surface area (Å²) in [6.45, 7) is 0.177. The van der Waals surface area contributed by atoms with E-state index in [0.29, 0.717) is 28.7 Å². The van der Waals surface area contributed by atoms with Crippen molar-refractivity contribution in [3.8, 4) is 5.75 Å². The minimum absolute atomic E-state index is 0.0864. The molecule has 2 amide bonds. The number of hydrogen-bond donors (Lipinski definition) is 1. The van der Waals surface area contributed by atoms with Crippen molar-refractivity contribution in [1.29, 1.82) is 0 Å². The van der Waals surface area contributed by atoms with Gasteiger partial charge >= 0.3 is 0 Å². The maximum absolute atomic E-state index is 13.5. The molecular formula is C27H25FN6O3S2. The average molecular weight is 565 g/mol. The maximum atomic E-state index is 13.5. The predicted molar refractivity (Wildman–Crippen MR) is 147 cm³/mol. The molecule has 200 valence electrons. The van der Waals surface area contributed by atoms with E-state index in [4.69, 9.17) is 4.74 Å². The summed E-state index contributed by atoms with van der Waals surface area (Å²) in [7, 11) is 3.35. The van der Waals surface area contributed by atoms with Gasteiger partial charge in [-0.15, -0.1) is 21.5 Å². The number of nitrogens with zero attached hydrogens (tertiary/aromatic N) is 5. The minimum Gasteiger partial charge on any atom is -0.497 e. The molecule has 1 N–H and O–H groups in total. The van der Waals surface area contributed by atoms with Crippen LogP contribution in [0.5, 0.6) is 5.75 Å². The van der Waals surface area contributed by atoms with Crippen LogP contribution in [0.15, 0.2) is 76.3 Å². The second-order valence-electron chi connectivity index (χ2n) is 8.69. The molecule has 0 bridgehead atoms. The van der Waals surface area contributed by atoms with E-state index in [2.05, 4.69) is 20.6 Å². The van der Waals surface area contributed by atoms with E-state index in [1.54, 1.807) is 66.5 Å². The Balaban J connectivity index is 1.23. The first-order chi connectivity index (χ1) is 18.9. The molecule has 0 fully saturated rings. The molecule has 1 atom stereocenters. The quantitative estimate of drug-likeness (QED) is 0.302. The third-order valence-corrected chi connectivity index (χ3v) is 8.16. The van der Waals surface area contributed by atoms with Gasteiger partial charge < -0.3 is 14.6 Å². The zero-order valence-electron chi connectivity index (χ0n) is 21.2. The van der Waals surface area contributed by atoms with Crippen LogP contribution in [0.4, 0.5) is 4.39 Å². The van der Waals surface area contributed by atoms with Crippen LogP contribution in [0, 0.1) is 5.82 Å². The van der Waals surface area contributed by atoms with E-state index >= 15 is 0 Å².